The van der Waals surface area contributed by atoms with Crippen molar-refractivity contribution < 1.29 is 9.47 Å². The van der Waals surface area contributed by atoms with Crippen molar-refractivity contribution in [3.8, 4) is 17.0 Å². The van der Waals surface area contributed by atoms with Crippen molar-refractivity contribution in [1.82, 2.24) is 4.98 Å². The first-order valence-corrected chi connectivity index (χ1v) is 7.49. The van der Waals surface area contributed by atoms with Crippen molar-refractivity contribution in [2.24, 2.45) is 0 Å². The van der Waals surface area contributed by atoms with E-state index in [2.05, 4.69) is 17.2 Å². The molecule has 0 atom stereocenters. The normalized spacial score (nSPS) is 10.6. The number of benzene rings is 1. The van der Waals surface area contributed by atoms with Gasteiger partial charge in [0.05, 0.1) is 18.9 Å². The van der Waals surface area contributed by atoms with Crippen LogP contribution in [0.3, 0.4) is 0 Å². The zero-order valence-electron chi connectivity index (χ0n) is 12.1. The van der Waals surface area contributed by atoms with Gasteiger partial charge in [-0.15, -0.1) is 11.3 Å². The average Bonchev–Trinajstić information content (AvgIpc) is 2.82. The maximum Gasteiger partial charge on any atom is 0.183 e. The summed E-state index contributed by atoms with van der Waals surface area (Å²) in [5.74, 6) is 0.891. The summed E-state index contributed by atoms with van der Waals surface area (Å²) in [6.07, 6.45) is 0. The number of hydrogen-bond donors (Lipinski definition) is 1. The number of nitrogens with one attached hydrogen (secondary N) is 1. The molecule has 0 saturated heterocycles. The summed E-state index contributed by atoms with van der Waals surface area (Å²) in [4.78, 5) is 5.84. The molecule has 0 aliphatic carbocycles. The van der Waals surface area contributed by atoms with Gasteiger partial charge in [-0.1, -0.05) is 0 Å². The highest BCUT2D eigenvalue weighted by molar-refractivity contribution is 7.16. The van der Waals surface area contributed by atoms with E-state index in [1.807, 2.05) is 31.2 Å². The predicted molar refractivity (Wildman–Crippen MR) is 83.8 cm³/mol. The third kappa shape index (κ3) is 3.71. The highest BCUT2D eigenvalue weighted by Gasteiger charge is 2.09. The minimum absolute atomic E-state index is 0.678. The van der Waals surface area contributed by atoms with Gasteiger partial charge in [0, 0.05) is 24.1 Å². The summed E-state index contributed by atoms with van der Waals surface area (Å²) in [5, 5.41) is 4.20. The third-order valence-corrected chi connectivity index (χ3v) is 3.75. The molecule has 2 rings (SSSR count). The lowest BCUT2D eigenvalue weighted by Crippen LogP contribution is -2.06. The van der Waals surface area contributed by atoms with Crippen LogP contribution in [-0.4, -0.2) is 31.9 Å². The molecule has 5 heteroatoms. The van der Waals surface area contributed by atoms with Crippen LogP contribution in [0.25, 0.3) is 11.3 Å². The maximum absolute atomic E-state index is 5.45. The van der Waals surface area contributed by atoms with Crippen molar-refractivity contribution in [2.45, 2.75) is 13.8 Å². The van der Waals surface area contributed by atoms with Crippen LogP contribution >= 0.6 is 11.3 Å². The quantitative estimate of drug-likeness (QED) is 0.792. The standard InChI is InChI=1S/C15H20N2O2S/c1-4-19-13-7-5-12(6-8-13)14-11(2)20-15(17-14)16-9-10-18-3/h5-8H,4,9-10H2,1-3H3,(H,16,17). The monoisotopic (exact) mass is 292 g/mol. The van der Waals surface area contributed by atoms with Gasteiger partial charge in [-0.2, -0.15) is 0 Å². The Bertz CT molecular complexity index is 537. The van der Waals surface area contributed by atoms with Crippen LogP contribution in [0.5, 0.6) is 5.75 Å². The van der Waals surface area contributed by atoms with Gasteiger partial charge in [-0.3, -0.25) is 0 Å². The van der Waals surface area contributed by atoms with Crippen LogP contribution in [0.2, 0.25) is 0 Å². The van der Waals surface area contributed by atoms with E-state index in [1.54, 1.807) is 18.4 Å². The van der Waals surface area contributed by atoms with Gasteiger partial charge in [0.15, 0.2) is 5.13 Å². The van der Waals surface area contributed by atoms with Crippen molar-refractivity contribution in [1.29, 1.82) is 0 Å². The molecule has 4 nitrogen and oxygen atoms in total. The molecule has 20 heavy (non-hydrogen) atoms. The van der Waals surface area contributed by atoms with Gasteiger partial charge in [0.2, 0.25) is 0 Å². The minimum atomic E-state index is 0.678. The fraction of sp³-hybridized carbons (Fsp3) is 0.400. The second-order valence-corrected chi connectivity index (χ2v) is 5.50. The van der Waals surface area contributed by atoms with E-state index in [-0.39, 0.29) is 0 Å². The number of methoxy groups -OCH3 is 1. The number of thiazole rings is 1. The van der Waals surface area contributed by atoms with Gasteiger partial charge in [0.1, 0.15) is 5.75 Å². The molecule has 0 aliphatic rings. The number of nitrogens with zero attached hydrogens (tertiary/aromatic N) is 1. The molecule has 0 bridgehead atoms. The molecule has 0 spiro atoms. The van der Waals surface area contributed by atoms with E-state index >= 15 is 0 Å². The second kappa shape index (κ2) is 7.26. The second-order valence-electron chi connectivity index (χ2n) is 4.30. The molecule has 1 aromatic carbocycles. The zero-order chi connectivity index (χ0) is 14.4. The lowest BCUT2D eigenvalue weighted by Gasteiger charge is -2.04. The van der Waals surface area contributed by atoms with E-state index in [4.69, 9.17) is 9.47 Å². The molecular formula is C15H20N2O2S. The van der Waals surface area contributed by atoms with Gasteiger partial charge >= 0.3 is 0 Å². The molecule has 0 radical (unpaired) electrons. The molecule has 2 aromatic rings. The summed E-state index contributed by atoms with van der Waals surface area (Å²) in [7, 11) is 1.69. The first kappa shape index (κ1) is 14.8. The van der Waals surface area contributed by atoms with Crippen molar-refractivity contribution in [3.63, 3.8) is 0 Å². The van der Waals surface area contributed by atoms with Gasteiger partial charge in [0.25, 0.3) is 0 Å². The fourth-order valence-electron chi connectivity index (χ4n) is 1.88. The van der Waals surface area contributed by atoms with Gasteiger partial charge < -0.3 is 14.8 Å². The lowest BCUT2D eigenvalue weighted by atomic mass is 10.1. The number of aryl methyl sites for hydroxylation is 1. The zero-order valence-corrected chi connectivity index (χ0v) is 12.9. The predicted octanol–water partition coefficient (Wildman–Crippen LogP) is 3.58. The smallest absolute Gasteiger partial charge is 0.183 e. The summed E-state index contributed by atoms with van der Waals surface area (Å²) in [6, 6.07) is 8.06. The van der Waals surface area contributed by atoms with Crippen LogP contribution in [-0.2, 0) is 4.74 Å². The fourth-order valence-corrected chi connectivity index (χ4v) is 2.74. The maximum atomic E-state index is 5.45. The number of aromatic nitrogens is 1. The van der Waals surface area contributed by atoms with Crippen LogP contribution in [0, 0.1) is 6.92 Å². The summed E-state index contributed by atoms with van der Waals surface area (Å²) < 4.78 is 10.5. The number of anilines is 1. The highest BCUT2D eigenvalue weighted by Crippen LogP contribution is 2.31. The lowest BCUT2D eigenvalue weighted by molar-refractivity contribution is 0.211. The molecule has 0 amide bonds. The molecule has 108 valence electrons. The largest absolute Gasteiger partial charge is 0.494 e. The summed E-state index contributed by atoms with van der Waals surface area (Å²) in [5.41, 5.74) is 2.14. The molecule has 1 N–H and O–H groups in total. The van der Waals surface area contributed by atoms with E-state index in [9.17, 15) is 0 Å². The number of hydrogen-bond acceptors (Lipinski definition) is 5. The van der Waals surface area contributed by atoms with E-state index < -0.39 is 0 Å². The Morgan fingerprint density at radius 1 is 1.25 bits per heavy atom. The van der Waals surface area contributed by atoms with Crippen LogP contribution in [0.4, 0.5) is 5.13 Å². The van der Waals surface area contributed by atoms with Crippen LogP contribution in [0.1, 0.15) is 11.8 Å². The Morgan fingerprint density at radius 2 is 2.00 bits per heavy atom. The molecule has 0 fully saturated rings. The Hall–Kier alpha value is -1.59. The van der Waals surface area contributed by atoms with E-state index in [0.717, 1.165) is 28.7 Å². The van der Waals surface area contributed by atoms with Crippen molar-refractivity contribution >= 4 is 16.5 Å². The Morgan fingerprint density at radius 3 is 2.65 bits per heavy atom. The summed E-state index contributed by atoms with van der Waals surface area (Å²) >= 11 is 1.67. The van der Waals surface area contributed by atoms with Gasteiger partial charge in [-0.05, 0) is 38.1 Å². The van der Waals surface area contributed by atoms with E-state index in [1.165, 1.54) is 4.88 Å². The molecule has 1 aromatic heterocycles. The van der Waals surface area contributed by atoms with Gasteiger partial charge in [-0.25, -0.2) is 4.98 Å². The number of rotatable bonds is 7. The van der Waals surface area contributed by atoms with Crippen molar-refractivity contribution in [2.75, 3.05) is 32.2 Å². The molecule has 1 heterocycles. The Kier molecular flexibility index (Phi) is 5.38. The minimum Gasteiger partial charge on any atom is -0.494 e. The first-order valence-electron chi connectivity index (χ1n) is 6.68. The number of ether oxygens (including phenoxy) is 2. The summed E-state index contributed by atoms with van der Waals surface area (Å²) in [6.45, 7) is 6.20. The van der Waals surface area contributed by atoms with Crippen LogP contribution < -0.4 is 10.1 Å². The molecule has 0 aliphatic heterocycles. The Labute approximate surface area is 123 Å². The molecule has 0 saturated carbocycles. The molecule has 0 unspecified atom stereocenters. The van der Waals surface area contributed by atoms with E-state index in [0.29, 0.717) is 13.2 Å². The average molecular weight is 292 g/mol. The SMILES string of the molecule is CCOc1ccc(-c2nc(NCCOC)sc2C)cc1. The molecular weight excluding hydrogens is 272 g/mol. The van der Waals surface area contributed by atoms with Crippen molar-refractivity contribution in [3.05, 3.63) is 29.1 Å². The topological polar surface area (TPSA) is 43.4 Å². The van der Waals surface area contributed by atoms with Crippen LogP contribution in [0.15, 0.2) is 24.3 Å². The first-order chi connectivity index (χ1) is 9.74. The Balaban J connectivity index is 2.11. The third-order valence-electron chi connectivity index (χ3n) is 2.82. The highest BCUT2D eigenvalue weighted by atomic mass is 32.1.